The second-order valence-electron chi connectivity index (χ2n) is 8.07. The number of carbonyl (C=O) groups excluding carboxylic acids is 1. The molecule has 1 amide bonds. The van der Waals surface area contributed by atoms with Gasteiger partial charge >= 0.3 is 0 Å². The Morgan fingerprint density at radius 1 is 0.972 bits per heavy atom. The number of ether oxygens (including phenoxy) is 1. The molecule has 0 spiro atoms. The molecule has 2 N–H and O–H groups in total. The van der Waals surface area contributed by atoms with E-state index in [1.54, 1.807) is 18.3 Å². The molecule has 11 heteroatoms. The Hall–Kier alpha value is -3.89. The molecule has 0 atom stereocenters. The van der Waals surface area contributed by atoms with E-state index in [9.17, 15) is 18.0 Å². The fraction of sp³-hybridized carbons (Fsp3) is 0.160. The van der Waals surface area contributed by atoms with E-state index in [1.165, 1.54) is 18.2 Å². The Kier molecular flexibility index (Phi) is 6.62. The minimum absolute atomic E-state index is 0.0597. The van der Waals surface area contributed by atoms with E-state index < -0.39 is 29.1 Å². The molecule has 4 aromatic rings. The summed E-state index contributed by atoms with van der Waals surface area (Å²) in [6, 6.07) is 9.99. The number of hydrogen-bond donors (Lipinski definition) is 2. The zero-order chi connectivity index (χ0) is 25.2. The van der Waals surface area contributed by atoms with E-state index in [0.717, 1.165) is 44.4 Å². The number of nitrogens with zero attached hydrogens (tertiary/aromatic N) is 3. The molecular formula is C25H19ClF3N5O2. The Morgan fingerprint density at radius 2 is 1.72 bits per heavy atom. The number of rotatable bonds is 5. The SMILES string of the molecule is O=C(Nc1cc(F)c(Oc2ccc3ncc(N4CCNCC4)nc3c2)c(F)c1)c1ccc(Cl)c(F)c1. The molecule has 0 unspecified atom stereocenters. The first kappa shape index (κ1) is 23.8. The third-order valence-corrected chi connectivity index (χ3v) is 5.91. The third-order valence-electron chi connectivity index (χ3n) is 5.60. The van der Waals surface area contributed by atoms with Gasteiger partial charge in [0.05, 0.1) is 22.3 Å². The zero-order valence-electron chi connectivity index (χ0n) is 18.7. The molecule has 1 aliphatic rings. The quantitative estimate of drug-likeness (QED) is 0.384. The first-order valence-electron chi connectivity index (χ1n) is 11.0. The van der Waals surface area contributed by atoms with Crippen LogP contribution in [-0.2, 0) is 0 Å². The van der Waals surface area contributed by atoms with Crippen molar-refractivity contribution in [2.24, 2.45) is 0 Å². The van der Waals surface area contributed by atoms with E-state index in [1.807, 2.05) is 0 Å². The highest BCUT2D eigenvalue weighted by atomic mass is 35.5. The summed E-state index contributed by atoms with van der Waals surface area (Å²) in [4.78, 5) is 23.5. The van der Waals surface area contributed by atoms with Crippen molar-refractivity contribution in [3.8, 4) is 11.5 Å². The molecule has 36 heavy (non-hydrogen) atoms. The van der Waals surface area contributed by atoms with Crippen molar-refractivity contribution in [2.45, 2.75) is 0 Å². The molecule has 1 aliphatic heterocycles. The lowest BCUT2D eigenvalue weighted by molar-refractivity contribution is 0.102. The monoisotopic (exact) mass is 513 g/mol. The fourth-order valence-corrected chi connectivity index (χ4v) is 3.90. The average Bonchev–Trinajstić information content (AvgIpc) is 2.88. The van der Waals surface area contributed by atoms with E-state index in [-0.39, 0.29) is 22.0 Å². The number of aromatic nitrogens is 2. The van der Waals surface area contributed by atoms with Gasteiger partial charge in [0, 0.05) is 55.6 Å². The molecule has 1 aromatic heterocycles. The smallest absolute Gasteiger partial charge is 0.255 e. The van der Waals surface area contributed by atoms with Crippen molar-refractivity contribution >= 4 is 40.0 Å². The highest BCUT2D eigenvalue weighted by Crippen LogP contribution is 2.32. The van der Waals surface area contributed by atoms with Crippen LogP contribution in [0.15, 0.2) is 54.7 Å². The molecule has 2 heterocycles. The first-order valence-corrected chi connectivity index (χ1v) is 11.4. The Labute approximate surface area is 208 Å². The van der Waals surface area contributed by atoms with Crippen molar-refractivity contribution < 1.29 is 22.7 Å². The molecule has 0 bridgehead atoms. The lowest BCUT2D eigenvalue weighted by Crippen LogP contribution is -2.43. The standard InChI is InChI=1S/C25H19ClF3N5O2/c26-17-3-1-14(9-18(17)27)25(35)32-15-10-19(28)24(20(29)11-15)36-16-2-4-21-22(12-16)33-23(13-31-21)34-7-5-30-6-8-34/h1-4,9-13,30H,5-8H2,(H,32,35). The molecule has 7 nitrogen and oxygen atoms in total. The van der Waals surface area contributed by atoms with Gasteiger partial charge in [-0.1, -0.05) is 11.6 Å². The Balaban J connectivity index is 1.35. The number of halogens is 4. The van der Waals surface area contributed by atoms with Gasteiger partial charge in [0.15, 0.2) is 17.4 Å². The predicted octanol–water partition coefficient (Wildman–Crippen LogP) is 5.15. The van der Waals surface area contributed by atoms with Gasteiger partial charge in [-0.25, -0.2) is 18.2 Å². The maximum absolute atomic E-state index is 14.8. The van der Waals surface area contributed by atoms with Crippen molar-refractivity contribution in [3.05, 3.63) is 82.8 Å². The van der Waals surface area contributed by atoms with Crippen LogP contribution in [0.5, 0.6) is 11.5 Å². The maximum Gasteiger partial charge on any atom is 0.255 e. The number of nitrogens with one attached hydrogen (secondary N) is 2. The summed E-state index contributed by atoms with van der Waals surface area (Å²) in [5.41, 5.74) is 0.903. The number of carbonyl (C=O) groups is 1. The van der Waals surface area contributed by atoms with E-state index in [0.29, 0.717) is 16.9 Å². The fourth-order valence-electron chi connectivity index (χ4n) is 3.78. The number of amides is 1. The molecule has 1 saturated heterocycles. The normalized spacial score (nSPS) is 13.6. The van der Waals surface area contributed by atoms with Crippen LogP contribution in [0.25, 0.3) is 11.0 Å². The van der Waals surface area contributed by atoms with Crippen molar-refractivity contribution in [2.75, 3.05) is 36.4 Å². The molecule has 0 saturated carbocycles. The predicted molar refractivity (Wildman–Crippen MR) is 130 cm³/mol. The van der Waals surface area contributed by atoms with Crippen LogP contribution in [0, 0.1) is 17.5 Å². The van der Waals surface area contributed by atoms with E-state index in [4.69, 9.17) is 16.3 Å². The van der Waals surface area contributed by atoms with Crippen LogP contribution in [0.1, 0.15) is 10.4 Å². The Bertz CT molecular complexity index is 1440. The number of hydrogen-bond acceptors (Lipinski definition) is 6. The van der Waals surface area contributed by atoms with Crippen LogP contribution in [0.4, 0.5) is 24.7 Å². The van der Waals surface area contributed by atoms with Crippen molar-refractivity contribution in [1.29, 1.82) is 0 Å². The molecule has 0 aliphatic carbocycles. The summed E-state index contributed by atoms with van der Waals surface area (Å²) in [7, 11) is 0. The van der Waals surface area contributed by atoms with Crippen LogP contribution in [-0.4, -0.2) is 42.1 Å². The van der Waals surface area contributed by atoms with Crippen LogP contribution >= 0.6 is 11.6 Å². The van der Waals surface area contributed by atoms with Gasteiger partial charge < -0.3 is 20.3 Å². The lowest BCUT2D eigenvalue weighted by atomic mass is 10.2. The van der Waals surface area contributed by atoms with Gasteiger partial charge in [0.1, 0.15) is 17.4 Å². The second-order valence-corrected chi connectivity index (χ2v) is 8.48. The van der Waals surface area contributed by atoms with Crippen LogP contribution in [0.3, 0.4) is 0 Å². The summed E-state index contributed by atoms with van der Waals surface area (Å²) in [6.07, 6.45) is 1.69. The highest BCUT2D eigenvalue weighted by Gasteiger charge is 2.18. The van der Waals surface area contributed by atoms with Gasteiger partial charge in [-0.15, -0.1) is 0 Å². The molecular weight excluding hydrogens is 495 g/mol. The average molecular weight is 514 g/mol. The van der Waals surface area contributed by atoms with E-state index >= 15 is 0 Å². The number of benzene rings is 3. The highest BCUT2D eigenvalue weighted by molar-refractivity contribution is 6.30. The van der Waals surface area contributed by atoms with Crippen LogP contribution < -0.4 is 20.3 Å². The molecule has 5 rings (SSSR count). The largest absolute Gasteiger partial charge is 0.451 e. The van der Waals surface area contributed by atoms with Gasteiger partial charge in [-0.2, -0.15) is 0 Å². The summed E-state index contributed by atoms with van der Waals surface area (Å²) in [5, 5.41) is 5.45. The summed E-state index contributed by atoms with van der Waals surface area (Å²) in [5.74, 6) is -3.38. The minimum atomic E-state index is -1.03. The molecule has 1 fully saturated rings. The maximum atomic E-state index is 14.8. The summed E-state index contributed by atoms with van der Waals surface area (Å²) in [6.45, 7) is 3.27. The van der Waals surface area contributed by atoms with Gasteiger partial charge in [-0.3, -0.25) is 9.78 Å². The number of anilines is 2. The third kappa shape index (κ3) is 5.05. The van der Waals surface area contributed by atoms with Gasteiger partial charge in [0.2, 0.25) is 0 Å². The zero-order valence-corrected chi connectivity index (χ0v) is 19.5. The Morgan fingerprint density at radius 3 is 2.44 bits per heavy atom. The van der Waals surface area contributed by atoms with Crippen molar-refractivity contribution in [3.63, 3.8) is 0 Å². The number of piperazine rings is 1. The molecule has 0 radical (unpaired) electrons. The first-order chi connectivity index (χ1) is 17.4. The second kappa shape index (κ2) is 10.00. The molecule has 3 aromatic carbocycles. The lowest BCUT2D eigenvalue weighted by Gasteiger charge is -2.28. The summed E-state index contributed by atoms with van der Waals surface area (Å²) < 4.78 is 48.6. The van der Waals surface area contributed by atoms with Gasteiger partial charge in [0.25, 0.3) is 5.91 Å². The number of fused-ring (bicyclic) bond motifs is 1. The van der Waals surface area contributed by atoms with E-state index in [2.05, 4.69) is 25.5 Å². The topological polar surface area (TPSA) is 79.4 Å². The minimum Gasteiger partial charge on any atom is -0.451 e. The summed E-state index contributed by atoms with van der Waals surface area (Å²) >= 11 is 5.61. The van der Waals surface area contributed by atoms with Crippen molar-refractivity contribution in [1.82, 2.24) is 15.3 Å². The van der Waals surface area contributed by atoms with Crippen LogP contribution in [0.2, 0.25) is 5.02 Å². The van der Waals surface area contributed by atoms with Gasteiger partial charge in [-0.05, 0) is 30.3 Å². The molecule has 184 valence electrons.